The van der Waals surface area contributed by atoms with Crippen LogP contribution in [0.25, 0.3) is 0 Å². The average molecular weight is 181 g/mol. The quantitative estimate of drug-likeness (QED) is 0.619. The summed E-state index contributed by atoms with van der Waals surface area (Å²) >= 11 is 0. The SMILES string of the molecule is C/C=C/CCN1CCC(=O)C(C)C1. The molecule has 1 atom stereocenters. The topological polar surface area (TPSA) is 20.3 Å². The van der Waals surface area contributed by atoms with Crippen LogP contribution in [0.5, 0.6) is 0 Å². The molecule has 1 aliphatic rings. The fraction of sp³-hybridized carbons (Fsp3) is 0.727. The molecule has 2 nitrogen and oxygen atoms in total. The molecule has 1 aliphatic heterocycles. The lowest BCUT2D eigenvalue weighted by atomic mass is 9.98. The van der Waals surface area contributed by atoms with E-state index in [2.05, 4.69) is 17.1 Å². The predicted molar refractivity (Wildman–Crippen MR) is 54.7 cm³/mol. The van der Waals surface area contributed by atoms with E-state index in [1.807, 2.05) is 13.8 Å². The first kappa shape index (κ1) is 10.5. The Bertz CT molecular complexity index is 198. The maximum absolute atomic E-state index is 11.2. The molecule has 0 aliphatic carbocycles. The molecule has 0 saturated carbocycles. The van der Waals surface area contributed by atoms with Crippen molar-refractivity contribution >= 4 is 5.78 Å². The normalized spacial score (nSPS) is 25.7. The number of piperidine rings is 1. The van der Waals surface area contributed by atoms with Crippen LogP contribution in [0.15, 0.2) is 12.2 Å². The second-order valence-electron chi connectivity index (χ2n) is 3.78. The molecular weight excluding hydrogens is 162 g/mol. The Morgan fingerprint density at radius 1 is 1.62 bits per heavy atom. The summed E-state index contributed by atoms with van der Waals surface area (Å²) in [6, 6.07) is 0. The van der Waals surface area contributed by atoms with Crippen LogP contribution in [0.2, 0.25) is 0 Å². The van der Waals surface area contributed by atoms with E-state index in [1.54, 1.807) is 0 Å². The number of likely N-dealkylation sites (tertiary alicyclic amines) is 1. The Balaban J connectivity index is 2.25. The van der Waals surface area contributed by atoms with Gasteiger partial charge in [0.05, 0.1) is 0 Å². The summed E-state index contributed by atoms with van der Waals surface area (Å²) < 4.78 is 0. The number of allylic oxidation sites excluding steroid dienone is 1. The second-order valence-corrected chi connectivity index (χ2v) is 3.78. The summed E-state index contributed by atoms with van der Waals surface area (Å²) in [6.07, 6.45) is 6.12. The number of carbonyl (C=O) groups is 1. The first-order valence-electron chi connectivity index (χ1n) is 5.10. The molecule has 0 aromatic carbocycles. The van der Waals surface area contributed by atoms with Gasteiger partial charge >= 0.3 is 0 Å². The van der Waals surface area contributed by atoms with Gasteiger partial charge in [0.2, 0.25) is 0 Å². The van der Waals surface area contributed by atoms with E-state index in [0.29, 0.717) is 5.78 Å². The Labute approximate surface area is 80.6 Å². The molecule has 1 rings (SSSR count). The lowest BCUT2D eigenvalue weighted by Gasteiger charge is -2.29. The van der Waals surface area contributed by atoms with Crippen LogP contribution in [0, 0.1) is 5.92 Å². The van der Waals surface area contributed by atoms with E-state index in [-0.39, 0.29) is 5.92 Å². The molecule has 13 heavy (non-hydrogen) atoms. The zero-order valence-electron chi connectivity index (χ0n) is 8.62. The van der Waals surface area contributed by atoms with Crippen LogP contribution in [-0.4, -0.2) is 30.3 Å². The Kier molecular flexibility index (Phi) is 4.16. The molecule has 2 heteroatoms. The van der Waals surface area contributed by atoms with Crippen LogP contribution < -0.4 is 0 Å². The van der Waals surface area contributed by atoms with Gasteiger partial charge in [0.1, 0.15) is 5.78 Å². The van der Waals surface area contributed by atoms with Crippen molar-refractivity contribution < 1.29 is 4.79 Å². The first-order valence-corrected chi connectivity index (χ1v) is 5.10. The molecular formula is C11H19NO. The minimum Gasteiger partial charge on any atom is -0.302 e. The highest BCUT2D eigenvalue weighted by molar-refractivity contribution is 5.81. The van der Waals surface area contributed by atoms with Crippen molar-refractivity contribution in [3.63, 3.8) is 0 Å². The van der Waals surface area contributed by atoms with E-state index in [1.165, 1.54) is 0 Å². The molecule has 74 valence electrons. The Morgan fingerprint density at radius 2 is 2.38 bits per heavy atom. The highest BCUT2D eigenvalue weighted by atomic mass is 16.1. The fourth-order valence-electron chi connectivity index (χ4n) is 1.72. The fourth-order valence-corrected chi connectivity index (χ4v) is 1.72. The summed E-state index contributed by atoms with van der Waals surface area (Å²) in [5.41, 5.74) is 0. The van der Waals surface area contributed by atoms with Crippen LogP contribution in [0.1, 0.15) is 26.7 Å². The van der Waals surface area contributed by atoms with Gasteiger partial charge in [-0.05, 0) is 13.3 Å². The third-order valence-electron chi connectivity index (χ3n) is 2.60. The van der Waals surface area contributed by atoms with Gasteiger partial charge in [0, 0.05) is 32.0 Å². The van der Waals surface area contributed by atoms with E-state index in [4.69, 9.17) is 0 Å². The van der Waals surface area contributed by atoms with Crippen molar-refractivity contribution in [3.8, 4) is 0 Å². The summed E-state index contributed by atoms with van der Waals surface area (Å²) in [4.78, 5) is 13.6. The van der Waals surface area contributed by atoms with Crippen molar-refractivity contribution in [2.45, 2.75) is 26.7 Å². The molecule has 0 aromatic heterocycles. The van der Waals surface area contributed by atoms with Crippen molar-refractivity contribution in [2.24, 2.45) is 5.92 Å². The maximum Gasteiger partial charge on any atom is 0.138 e. The van der Waals surface area contributed by atoms with Gasteiger partial charge in [-0.25, -0.2) is 0 Å². The smallest absolute Gasteiger partial charge is 0.138 e. The minimum absolute atomic E-state index is 0.249. The highest BCUT2D eigenvalue weighted by Crippen LogP contribution is 2.12. The van der Waals surface area contributed by atoms with E-state index in [0.717, 1.165) is 32.5 Å². The van der Waals surface area contributed by atoms with Crippen molar-refractivity contribution in [3.05, 3.63) is 12.2 Å². The molecule has 0 aromatic rings. The third-order valence-corrected chi connectivity index (χ3v) is 2.60. The van der Waals surface area contributed by atoms with E-state index >= 15 is 0 Å². The van der Waals surface area contributed by atoms with Gasteiger partial charge in [-0.15, -0.1) is 0 Å². The van der Waals surface area contributed by atoms with Gasteiger partial charge in [-0.1, -0.05) is 19.1 Å². The van der Waals surface area contributed by atoms with Crippen molar-refractivity contribution in [2.75, 3.05) is 19.6 Å². The highest BCUT2D eigenvalue weighted by Gasteiger charge is 2.22. The molecule has 1 fully saturated rings. The molecule has 0 N–H and O–H groups in total. The zero-order valence-corrected chi connectivity index (χ0v) is 8.62. The van der Waals surface area contributed by atoms with Crippen LogP contribution in [-0.2, 0) is 4.79 Å². The van der Waals surface area contributed by atoms with E-state index < -0.39 is 0 Å². The Hall–Kier alpha value is -0.630. The number of nitrogens with zero attached hydrogens (tertiary/aromatic N) is 1. The van der Waals surface area contributed by atoms with Crippen molar-refractivity contribution in [1.29, 1.82) is 0 Å². The maximum atomic E-state index is 11.2. The molecule has 0 spiro atoms. The van der Waals surface area contributed by atoms with Gasteiger partial charge in [0.25, 0.3) is 0 Å². The average Bonchev–Trinajstić information content (AvgIpc) is 2.12. The summed E-state index contributed by atoms with van der Waals surface area (Å²) in [5, 5.41) is 0. The number of rotatable bonds is 3. The molecule has 1 heterocycles. The summed E-state index contributed by atoms with van der Waals surface area (Å²) in [5.74, 6) is 0.682. The molecule has 0 amide bonds. The molecule has 0 radical (unpaired) electrons. The largest absolute Gasteiger partial charge is 0.302 e. The predicted octanol–water partition coefficient (Wildman–Crippen LogP) is 1.86. The number of carbonyl (C=O) groups excluding carboxylic acids is 1. The van der Waals surface area contributed by atoms with Gasteiger partial charge < -0.3 is 4.90 Å². The minimum atomic E-state index is 0.249. The van der Waals surface area contributed by atoms with Crippen molar-refractivity contribution in [1.82, 2.24) is 4.90 Å². The summed E-state index contributed by atoms with van der Waals surface area (Å²) in [6.45, 7) is 7.09. The van der Waals surface area contributed by atoms with Gasteiger partial charge in [-0.2, -0.15) is 0 Å². The summed E-state index contributed by atoms with van der Waals surface area (Å²) in [7, 11) is 0. The lowest BCUT2D eigenvalue weighted by molar-refractivity contribution is -0.125. The number of hydrogen-bond acceptors (Lipinski definition) is 2. The monoisotopic (exact) mass is 181 g/mol. The van der Waals surface area contributed by atoms with E-state index in [9.17, 15) is 4.79 Å². The van der Waals surface area contributed by atoms with Gasteiger partial charge in [-0.3, -0.25) is 4.79 Å². The van der Waals surface area contributed by atoms with Crippen LogP contribution in [0.4, 0.5) is 0 Å². The van der Waals surface area contributed by atoms with Crippen LogP contribution >= 0.6 is 0 Å². The van der Waals surface area contributed by atoms with Crippen LogP contribution in [0.3, 0.4) is 0 Å². The van der Waals surface area contributed by atoms with Gasteiger partial charge in [0.15, 0.2) is 0 Å². The zero-order chi connectivity index (χ0) is 9.68. The standard InChI is InChI=1S/C11H19NO/c1-3-4-5-7-12-8-6-11(13)10(2)9-12/h3-4,10H,5-9H2,1-2H3/b4-3+. The molecule has 1 unspecified atom stereocenters. The first-order chi connectivity index (χ1) is 6.24. The lowest BCUT2D eigenvalue weighted by Crippen LogP contribution is -2.39. The second kappa shape index (κ2) is 5.18. The molecule has 0 bridgehead atoms. The third kappa shape index (κ3) is 3.31. The number of Topliss-reactive ketones (excluding diaryl/α,β-unsaturated/α-hetero) is 1. The number of ketones is 1. The molecule has 1 saturated heterocycles. The Morgan fingerprint density at radius 3 is 3.00 bits per heavy atom. The number of hydrogen-bond donors (Lipinski definition) is 0.